The third kappa shape index (κ3) is 2.19. The van der Waals surface area contributed by atoms with E-state index in [4.69, 9.17) is 4.74 Å². The van der Waals surface area contributed by atoms with Gasteiger partial charge in [0.25, 0.3) is 0 Å². The van der Waals surface area contributed by atoms with Crippen LogP contribution in [-0.4, -0.2) is 30.6 Å². The summed E-state index contributed by atoms with van der Waals surface area (Å²) in [5, 5.41) is 0. The molecule has 0 amide bonds. The van der Waals surface area contributed by atoms with Gasteiger partial charge in [-0.3, -0.25) is 4.90 Å². The minimum Gasteiger partial charge on any atom is -0.489 e. The lowest BCUT2D eigenvalue weighted by Crippen LogP contribution is -2.48. The quantitative estimate of drug-likeness (QED) is 0.737. The Morgan fingerprint density at radius 1 is 1.18 bits per heavy atom. The molecule has 2 aliphatic rings. The van der Waals surface area contributed by atoms with Crippen molar-refractivity contribution in [3.05, 3.63) is 29.8 Å². The zero-order valence-electron chi connectivity index (χ0n) is 10.6. The first-order valence-electron chi connectivity index (χ1n) is 6.79. The zero-order valence-corrected chi connectivity index (χ0v) is 10.6. The molecule has 2 atom stereocenters. The van der Waals surface area contributed by atoms with Crippen LogP contribution >= 0.6 is 0 Å². The van der Waals surface area contributed by atoms with E-state index in [0.29, 0.717) is 12.1 Å². The lowest BCUT2D eigenvalue weighted by atomic mass is 9.92. The summed E-state index contributed by atoms with van der Waals surface area (Å²) in [5.41, 5.74) is 1.38. The maximum absolute atomic E-state index is 6.20. The van der Waals surface area contributed by atoms with Crippen LogP contribution in [0.15, 0.2) is 24.3 Å². The van der Waals surface area contributed by atoms with Crippen molar-refractivity contribution in [3.8, 4) is 5.75 Å². The number of ether oxygens (including phenoxy) is 1. The van der Waals surface area contributed by atoms with Crippen molar-refractivity contribution < 1.29 is 4.74 Å². The Balaban J connectivity index is 1.75. The minimum atomic E-state index is 0.398. The Bertz CT molecular complexity index is 390. The Kier molecular flexibility index (Phi) is 3.06. The van der Waals surface area contributed by atoms with E-state index in [-0.39, 0.29) is 0 Å². The van der Waals surface area contributed by atoms with Gasteiger partial charge in [-0.2, -0.15) is 0 Å². The van der Waals surface area contributed by atoms with Gasteiger partial charge in [-0.05, 0) is 50.9 Å². The fourth-order valence-corrected chi connectivity index (χ4v) is 3.19. The monoisotopic (exact) mass is 231 g/mol. The summed E-state index contributed by atoms with van der Waals surface area (Å²) in [6.07, 6.45) is 6.74. The van der Waals surface area contributed by atoms with Crippen molar-refractivity contribution in [2.24, 2.45) is 0 Å². The van der Waals surface area contributed by atoms with Crippen LogP contribution in [-0.2, 0) is 6.42 Å². The van der Waals surface area contributed by atoms with Crippen molar-refractivity contribution in [3.63, 3.8) is 0 Å². The van der Waals surface area contributed by atoms with Crippen LogP contribution < -0.4 is 4.74 Å². The summed E-state index contributed by atoms with van der Waals surface area (Å²) in [5.74, 6) is 1.11. The molecule has 1 aromatic rings. The highest BCUT2D eigenvalue weighted by Crippen LogP contribution is 2.31. The van der Waals surface area contributed by atoms with E-state index >= 15 is 0 Å². The Hall–Kier alpha value is -1.02. The van der Waals surface area contributed by atoms with Gasteiger partial charge in [0.2, 0.25) is 0 Å². The fraction of sp³-hybridized carbons (Fsp3) is 0.600. The topological polar surface area (TPSA) is 12.5 Å². The van der Waals surface area contributed by atoms with Crippen molar-refractivity contribution >= 4 is 0 Å². The molecular formula is C15H21NO. The van der Waals surface area contributed by atoms with Crippen LogP contribution in [0.1, 0.15) is 31.2 Å². The zero-order chi connectivity index (χ0) is 11.7. The number of nitrogens with zero attached hydrogens (tertiary/aromatic N) is 1. The summed E-state index contributed by atoms with van der Waals surface area (Å²) in [4.78, 5) is 2.49. The Morgan fingerprint density at radius 3 is 2.94 bits per heavy atom. The summed E-state index contributed by atoms with van der Waals surface area (Å²) in [6, 6.07) is 9.11. The average molecular weight is 231 g/mol. The molecule has 2 nitrogen and oxygen atoms in total. The second-order valence-corrected chi connectivity index (χ2v) is 5.35. The SMILES string of the molecule is CN1CCCCC1C1CCc2ccccc2O1. The minimum absolute atomic E-state index is 0.398. The number of rotatable bonds is 1. The first kappa shape index (κ1) is 11.1. The lowest BCUT2D eigenvalue weighted by molar-refractivity contribution is 0.0448. The van der Waals surface area contributed by atoms with Crippen LogP contribution in [0.3, 0.4) is 0 Å². The lowest BCUT2D eigenvalue weighted by Gasteiger charge is -2.40. The molecular weight excluding hydrogens is 210 g/mol. The maximum Gasteiger partial charge on any atom is 0.122 e. The van der Waals surface area contributed by atoms with E-state index in [0.717, 1.165) is 5.75 Å². The highest BCUT2D eigenvalue weighted by Gasteiger charge is 2.31. The van der Waals surface area contributed by atoms with Crippen LogP contribution in [0.25, 0.3) is 0 Å². The first-order valence-corrected chi connectivity index (χ1v) is 6.79. The highest BCUT2D eigenvalue weighted by molar-refractivity contribution is 5.35. The van der Waals surface area contributed by atoms with E-state index in [1.165, 1.54) is 44.2 Å². The number of hydrogen-bond acceptors (Lipinski definition) is 2. The van der Waals surface area contributed by atoms with Gasteiger partial charge < -0.3 is 4.74 Å². The van der Waals surface area contributed by atoms with Gasteiger partial charge >= 0.3 is 0 Å². The second-order valence-electron chi connectivity index (χ2n) is 5.35. The van der Waals surface area contributed by atoms with E-state index in [1.54, 1.807) is 0 Å². The second kappa shape index (κ2) is 4.69. The average Bonchev–Trinajstić information content (AvgIpc) is 2.39. The molecule has 0 saturated carbocycles. The molecule has 0 aliphatic carbocycles. The molecule has 92 valence electrons. The molecule has 17 heavy (non-hydrogen) atoms. The number of likely N-dealkylation sites (tertiary alicyclic amines) is 1. The van der Waals surface area contributed by atoms with E-state index < -0.39 is 0 Å². The number of para-hydroxylation sites is 1. The van der Waals surface area contributed by atoms with Gasteiger partial charge in [0, 0.05) is 6.04 Å². The van der Waals surface area contributed by atoms with Crippen molar-refractivity contribution in [1.82, 2.24) is 4.90 Å². The summed E-state index contributed by atoms with van der Waals surface area (Å²) in [7, 11) is 2.24. The fourth-order valence-electron chi connectivity index (χ4n) is 3.19. The van der Waals surface area contributed by atoms with Crippen LogP contribution in [0.5, 0.6) is 5.75 Å². The standard InChI is InChI=1S/C15H21NO/c1-16-11-5-4-7-13(16)15-10-9-12-6-2-3-8-14(12)17-15/h2-3,6,8,13,15H,4-5,7,9-11H2,1H3. The van der Waals surface area contributed by atoms with Gasteiger partial charge in [-0.1, -0.05) is 24.6 Å². The molecule has 2 unspecified atom stereocenters. The molecule has 2 aliphatic heterocycles. The van der Waals surface area contributed by atoms with Crippen LogP contribution in [0.2, 0.25) is 0 Å². The summed E-state index contributed by atoms with van der Waals surface area (Å²) >= 11 is 0. The Labute approximate surface area is 104 Å². The molecule has 1 aromatic carbocycles. The normalized spacial score (nSPS) is 29.5. The van der Waals surface area contributed by atoms with Crippen molar-refractivity contribution in [2.75, 3.05) is 13.6 Å². The number of fused-ring (bicyclic) bond motifs is 1. The van der Waals surface area contributed by atoms with Crippen molar-refractivity contribution in [1.29, 1.82) is 0 Å². The van der Waals surface area contributed by atoms with Crippen molar-refractivity contribution in [2.45, 2.75) is 44.2 Å². The summed E-state index contributed by atoms with van der Waals surface area (Å²) < 4.78 is 6.20. The third-order valence-electron chi connectivity index (χ3n) is 4.21. The molecule has 1 saturated heterocycles. The molecule has 1 fully saturated rings. The number of aryl methyl sites for hydroxylation is 1. The highest BCUT2D eigenvalue weighted by atomic mass is 16.5. The predicted octanol–water partition coefficient (Wildman–Crippen LogP) is 2.86. The largest absolute Gasteiger partial charge is 0.489 e. The number of benzene rings is 1. The molecule has 0 spiro atoms. The van der Waals surface area contributed by atoms with Gasteiger partial charge in [0.15, 0.2) is 0 Å². The molecule has 3 rings (SSSR count). The number of likely N-dealkylation sites (N-methyl/N-ethyl adjacent to an activating group) is 1. The number of piperidine rings is 1. The first-order chi connectivity index (χ1) is 8.34. The molecule has 2 heterocycles. The molecule has 0 aromatic heterocycles. The van der Waals surface area contributed by atoms with Gasteiger partial charge in [-0.25, -0.2) is 0 Å². The van der Waals surface area contributed by atoms with Gasteiger partial charge in [0.05, 0.1) is 0 Å². The van der Waals surface area contributed by atoms with Gasteiger partial charge in [-0.15, -0.1) is 0 Å². The molecule has 0 radical (unpaired) electrons. The van der Waals surface area contributed by atoms with Crippen LogP contribution in [0, 0.1) is 0 Å². The molecule has 0 bridgehead atoms. The third-order valence-corrected chi connectivity index (χ3v) is 4.21. The smallest absolute Gasteiger partial charge is 0.122 e. The molecule has 0 N–H and O–H groups in total. The van der Waals surface area contributed by atoms with E-state index in [9.17, 15) is 0 Å². The van der Waals surface area contributed by atoms with Gasteiger partial charge in [0.1, 0.15) is 11.9 Å². The van der Waals surface area contributed by atoms with Crippen LogP contribution in [0.4, 0.5) is 0 Å². The Morgan fingerprint density at radius 2 is 2.06 bits per heavy atom. The van der Waals surface area contributed by atoms with E-state index in [2.05, 4.69) is 36.2 Å². The maximum atomic E-state index is 6.20. The predicted molar refractivity (Wildman–Crippen MR) is 69.4 cm³/mol. The molecule has 2 heteroatoms. The van der Waals surface area contributed by atoms with E-state index in [1.807, 2.05) is 0 Å². The summed E-state index contributed by atoms with van der Waals surface area (Å²) in [6.45, 7) is 1.23. The number of hydrogen-bond donors (Lipinski definition) is 0.